The summed E-state index contributed by atoms with van der Waals surface area (Å²) in [6.07, 6.45) is 9.69. The minimum Gasteiger partial charge on any atom is -0.358 e. The Morgan fingerprint density at radius 1 is 0.491 bits per heavy atom. The Bertz CT molecular complexity index is 2760. The number of benzene rings is 8. The molecule has 1 aliphatic heterocycles. The summed E-state index contributed by atoms with van der Waals surface area (Å²) in [4.78, 5) is 2.37. The number of anilines is 2. The highest BCUT2D eigenvalue weighted by atomic mass is 15.2. The number of rotatable bonds is 8. The molecule has 0 spiro atoms. The van der Waals surface area contributed by atoms with Crippen LogP contribution in [0.2, 0.25) is 0 Å². The molecule has 0 saturated heterocycles. The molecule has 2 nitrogen and oxygen atoms in total. The molecular weight excluding hydrogens is 665 g/mol. The molecule has 0 aromatic heterocycles. The summed E-state index contributed by atoms with van der Waals surface area (Å²) < 4.78 is 0. The lowest BCUT2D eigenvalue weighted by Gasteiger charge is -2.34. The quantitative estimate of drug-likeness (QED) is 0.125. The molecule has 2 heteroatoms. The first kappa shape index (κ1) is 33.9. The van der Waals surface area contributed by atoms with Gasteiger partial charge in [0.15, 0.2) is 0 Å². The van der Waals surface area contributed by atoms with Crippen LogP contribution >= 0.6 is 0 Å². The molecule has 0 amide bonds. The smallest absolute Gasteiger partial charge is 0.0697 e. The third-order valence-corrected chi connectivity index (χ3v) is 10.6. The fraction of sp³-hybridized carbons (Fsp3) is 0.0566. The molecule has 0 unspecified atom stereocenters. The average Bonchev–Trinajstić information content (AvgIpc) is 3.25. The van der Waals surface area contributed by atoms with Crippen LogP contribution in [0.1, 0.15) is 25.8 Å². The van der Waals surface area contributed by atoms with Crippen LogP contribution in [0.25, 0.3) is 71.7 Å². The number of hydrogen-bond acceptors (Lipinski definition) is 2. The van der Waals surface area contributed by atoms with Crippen molar-refractivity contribution in [1.82, 2.24) is 0 Å². The second kappa shape index (κ2) is 14.9. The van der Waals surface area contributed by atoms with Crippen LogP contribution in [0.5, 0.6) is 0 Å². The number of nitrogens with zero attached hydrogens (tertiary/aromatic N) is 1. The van der Waals surface area contributed by atoms with E-state index in [2.05, 4.69) is 224 Å². The molecule has 0 bridgehead atoms. The molecule has 1 N–H and O–H groups in total. The Morgan fingerprint density at radius 3 is 1.62 bits per heavy atom. The maximum Gasteiger partial charge on any atom is 0.0697 e. The minimum absolute atomic E-state index is 0.942. The van der Waals surface area contributed by atoms with Crippen molar-refractivity contribution in [2.45, 2.75) is 20.3 Å². The molecular formula is C53H42N2. The van der Waals surface area contributed by atoms with Crippen LogP contribution < -0.4 is 10.2 Å². The van der Waals surface area contributed by atoms with Gasteiger partial charge in [0, 0.05) is 11.9 Å². The fourth-order valence-corrected chi connectivity index (χ4v) is 8.15. The van der Waals surface area contributed by atoms with Gasteiger partial charge in [0.05, 0.1) is 17.1 Å². The summed E-state index contributed by atoms with van der Waals surface area (Å²) in [5.74, 6) is 0. The molecule has 0 saturated carbocycles. The van der Waals surface area contributed by atoms with E-state index in [1.807, 2.05) is 0 Å². The van der Waals surface area contributed by atoms with Gasteiger partial charge in [0.25, 0.3) is 0 Å². The van der Waals surface area contributed by atoms with E-state index < -0.39 is 0 Å². The molecule has 0 radical (unpaired) electrons. The predicted molar refractivity (Wildman–Crippen MR) is 237 cm³/mol. The first-order valence-electron chi connectivity index (χ1n) is 19.2. The van der Waals surface area contributed by atoms with Crippen LogP contribution in [0.15, 0.2) is 206 Å². The average molecular weight is 707 g/mol. The number of nitrogens with one attached hydrogen (secondary N) is 1. The Labute approximate surface area is 324 Å². The maximum atomic E-state index is 3.66. The van der Waals surface area contributed by atoms with Crippen LogP contribution in [-0.4, -0.2) is 0 Å². The van der Waals surface area contributed by atoms with Gasteiger partial charge in [0.1, 0.15) is 0 Å². The van der Waals surface area contributed by atoms with Crippen molar-refractivity contribution in [3.8, 4) is 44.5 Å². The van der Waals surface area contributed by atoms with Crippen molar-refractivity contribution in [2.75, 3.05) is 10.2 Å². The summed E-state index contributed by atoms with van der Waals surface area (Å²) in [6, 6.07) is 63.9. The van der Waals surface area contributed by atoms with E-state index >= 15 is 0 Å². The zero-order valence-corrected chi connectivity index (χ0v) is 31.2. The van der Waals surface area contributed by atoms with E-state index in [1.165, 1.54) is 71.6 Å². The van der Waals surface area contributed by atoms with Crippen molar-refractivity contribution >= 4 is 38.6 Å². The molecule has 8 aromatic carbocycles. The normalized spacial score (nSPS) is 12.9. The standard InChI is InChI=1S/C53H42N2/c1-3-17-44(18-4-2)55-50-32-30-43(35-49(50)54-36-51(55)37-19-8-5-9-20-37)41-26-16-25-40(33-41)42-29-31-47-48(34-42)53(39-23-12-7-13-24-39)46-28-15-14-27-45(46)52(47)38-21-10-6-11-22-38/h3,5-36,54H,4H2,1-2H3/b17-3-,44-18+. The van der Waals surface area contributed by atoms with Crippen molar-refractivity contribution < 1.29 is 0 Å². The van der Waals surface area contributed by atoms with Crippen LogP contribution in [0.4, 0.5) is 11.4 Å². The first-order valence-corrected chi connectivity index (χ1v) is 19.2. The van der Waals surface area contributed by atoms with Gasteiger partial charge in [-0.2, -0.15) is 0 Å². The van der Waals surface area contributed by atoms with E-state index in [0.29, 0.717) is 0 Å². The Balaban J connectivity index is 1.17. The van der Waals surface area contributed by atoms with E-state index in [-0.39, 0.29) is 0 Å². The van der Waals surface area contributed by atoms with Crippen molar-refractivity contribution in [2.24, 2.45) is 0 Å². The molecule has 1 aliphatic rings. The van der Waals surface area contributed by atoms with Gasteiger partial charge in [-0.1, -0.05) is 171 Å². The second-order valence-corrected chi connectivity index (χ2v) is 14.0. The summed E-state index contributed by atoms with van der Waals surface area (Å²) in [5.41, 5.74) is 15.4. The topological polar surface area (TPSA) is 15.3 Å². The van der Waals surface area contributed by atoms with Crippen molar-refractivity contribution in [3.63, 3.8) is 0 Å². The highest BCUT2D eigenvalue weighted by molar-refractivity contribution is 6.22. The van der Waals surface area contributed by atoms with Gasteiger partial charge in [-0.25, -0.2) is 0 Å². The summed E-state index contributed by atoms with van der Waals surface area (Å²) >= 11 is 0. The Hall–Kier alpha value is -6.90. The lowest BCUT2D eigenvalue weighted by Crippen LogP contribution is -2.25. The zero-order valence-electron chi connectivity index (χ0n) is 31.2. The molecule has 0 atom stereocenters. The van der Waals surface area contributed by atoms with Crippen molar-refractivity contribution in [1.29, 1.82) is 0 Å². The second-order valence-electron chi connectivity index (χ2n) is 14.0. The van der Waals surface area contributed by atoms with Gasteiger partial charge in [-0.3, -0.25) is 0 Å². The van der Waals surface area contributed by atoms with Crippen LogP contribution in [-0.2, 0) is 0 Å². The van der Waals surface area contributed by atoms with Gasteiger partial charge in [-0.05, 0) is 115 Å². The molecule has 0 fully saturated rings. The Morgan fingerprint density at radius 2 is 1.00 bits per heavy atom. The minimum atomic E-state index is 0.942. The molecule has 8 aromatic rings. The number of hydrogen-bond donors (Lipinski definition) is 1. The van der Waals surface area contributed by atoms with E-state index in [1.54, 1.807) is 0 Å². The third kappa shape index (κ3) is 6.32. The first-order chi connectivity index (χ1) is 27.2. The fourth-order valence-electron chi connectivity index (χ4n) is 8.15. The molecule has 55 heavy (non-hydrogen) atoms. The van der Waals surface area contributed by atoms with E-state index in [4.69, 9.17) is 0 Å². The van der Waals surface area contributed by atoms with E-state index in [0.717, 1.165) is 29.2 Å². The lowest BCUT2D eigenvalue weighted by atomic mass is 9.85. The lowest BCUT2D eigenvalue weighted by molar-refractivity contribution is 1.13. The SMILES string of the molecule is C/C=C\C(=C/CC)N1C(c2ccccc2)=CNc2cc(-c3cccc(-c4ccc5c(-c6ccccc6)c6ccccc6c(-c6ccccc6)c5c4)c3)ccc21. The summed E-state index contributed by atoms with van der Waals surface area (Å²) in [6.45, 7) is 4.27. The summed E-state index contributed by atoms with van der Waals surface area (Å²) in [7, 11) is 0. The molecule has 9 rings (SSSR count). The highest BCUT2D eigenvalue weighted by Gasteiger charge is 2.24. The monoisotopic (exact) mass is 706 g/mol. The van der Waals surface area contributed by atoms with Crippen LogP contribution in [0.3, 0.4) is 0 Å². The van der Waals surface area contributed by atoms with Crippen LogP contribution in [0, 0.1) is 0 Å². The van der Waals surface area contributed by atoms with E-state index in [9.17, 15) is 0 Å². The highest BCUT2D eigenvalue weighted by Crippen LogP contribution is 2.46. The van der Waals surface area contributed by atoms with Gasteiger partial charge in [-0.15, -0.1) is 0 Å². The van der Waals surface area contributed by atoms with Gasteiger partial charge in [0.2, 0.25) is 0 Å². The number of fused-ring (bicyclic) bond motifs is 3. The molecule has 1 heterocycles. The van der Waals surface area contributed by atoms with Gasteiger partial charge < -0.3 is 10.2 Å². The maximum absolute atomic E-state index is 3.66. The van der Waals surface area contributed by atoms with Crippen molar-refractivity contribution in [3.05, 3.63) is 212 Å². The number of allylic oxidation sites excluding steroid dienone is 3. The third-order valence-electron chi connectivity index (χ3n) is 10.6. The summed E-state index contributed by atoms with van der Waals surface area (Å²) in [5, 5.41) is 8.69. The molecule has 0 aliphatic carbocycles. The van der Waals surface area contributed by atoms with Gasteiger partial charge >= 0.3 is 0 Å². The zero-order chi connectivity index (χ0) is 37.1. The largest absolute Gasteiger partial charge is 0.358 e. The predicted octanol–water partition coefficient (Wildman–Crippen LogP) is 14.8. The molecule has 264 valence electrons. The Kier molecular flexibility index (Phi) is 9.15.